The van der Waals surface area contributed by atoms with Crippen molar-refractivity contribution < 1.29 is 9.72 Å². The van der Waals surface area contributed by atoms with Gasteiger partial charge in [0.05, 0.1) is 11.3 Å². The van der Waals surface area contributed by atoms with E-state index < -0.39 is 4.92 Å². The summed E-state index contributed by atoms with van der Waals surface area (Å²) in [4.78, 5) is 21.0. The Kier molecular flexibility index (Phi) is 1.92. The van der Waals surface area contributed by atoms with Crippen LogP contribution in [0.1, 0.15) is 11.1 Å². The highest BCUT2D eigenvalue weighted by atomic mass is 16.6. The number of nitrogens with one attached hydrogen (secondary N) is 1. The number of benzene rings is 1. The van der Waals surface area contributed by atoms with Crippen LogP contribution in [-0.4, -0.2) is 10.8 Å². The first-order chi connectivity index (χ1) is 6.66. The standard InChI is InChI=1S/C9H8N2O3/c12-9-4-6-1-2-8(11(13)14)3-7(6)5-10-9/h1-3H,4-5H2,(H,10,12). The summed E-state index contributed by atoms with van der Waals surface area (Å²) < 4.78 is 0. The molecule has 1 aromatic rings. The fourth-order valence-electron chi connectivity index (χ4n) is 1.49. The Morgan fingerprint density at radius 2 is 2.14 bits per heavy atom. The van der Waals surface area contributed by atoms with Crippen LogP contribution < -0.4 is 5.32 Å². The second-order valence-corrected chi connectivity index (χ2v) is 3.16. The van der Waals surface area contributed by atoms with Crippen LogP contribution in [0.2, 0.25) is 0 Å². The summed E-state index contributed by atoms with van der Waals surface area (Å²) in [5.41, 5.74) is 1.78. The number of rotatable bonds is 1. The molecular weight excluding hydrogens is 184 g/mol. The Morgan fingerprint density at radius 3 is 2.86 bits per heavy atom. The molecule has 5 nitrogen and oxygen atoms in total. The molecule has 1 aromatic carbocycles. The van der Waals surface area contributed by atoms with Crippen molar-refractivity contribution in [3.63, 3.8) is 0 Å². The Balaban J connectivity index is 2.41. The fourth-order valence-corrected chi connectivity index (χ4v) is 1.49. The minimum Gasteiger partial charge on any atom is -0.352 e. The number of nitro groups is 1. The van der Waals surface area contributed by atoms with Gasteiger partial charge in [0.2, 0.25) is 5.91 Å². The molecule has 1 heterocycles. The lowest BCUT2D eigenvalue weighted by molar-refractivity contribution is -0.384. The summed E-state index contributed by atoms with van der Waals surface area (Å²) in [6, 6.07) is 4.58. The topological polar surface area (TPSA) is 72.2 Å². The van der Waals surface area contributed by atoms with E-state index in [0.717, 1.165) is 11.1 Å². The van der Waals surface area contributed by atoms with Gasteiger partial charge in [0.15, 0.2) is 0 Å². The largest absolute Gasteiger partial charge is 0.352 e. The van der Waals surface area contributed by atoms with Crippen LogP contribution in [0.3, 0.4) is 0 Å². The van der Waals surface area contributed by atoms with E-state index in [1.807, 2.05) is 0 Å². The number of hydrogen-bond donors (Lipinski definition) is 1. The molecule has 0 bridgehead atoms. The fraction of sp³-hybridized carbons (Fsp3) is 0.222. The summed E-state index contributed by atoms with van der Waals surface area (Å²) in [6.45, 7) is 0.385. The highest BCUT2D eigenvalue weighted by Crippen LogP contribution is 2.20. The maximum Gasteiger partial charge on any atom is 0.269 e. The first-order valence-corrected chi connectivity index (χ1v) is 4.20. The lowest BCUT2D eigenvalue weighted by atomic mass is 10.0. The van der Waals surface area contributed by atoms with Crippen LogP contribution in [0.25, 0.3) is 0 Å². The Morgan fingerprint density at radius 1 is 1.36 bits per heavy atom. The third kappa shape index (κ3) is 1.44. The van der Waals surface area contributed by atoms with E-state index in [4.69, 9.17) is 0 Å². The summed E-state index contributed by atoms with van der Waals surface area (Å²) in [7, 11) is 0. The molecule has 1 aliphatic heterocycles. The molecule has 1 N–H and O–H groups in total. The van der Waals surface area contributed by atoms with E-state index >= 15 is 0 Å². The highest BCUT2D eigenvalue weighted by molar-refractivity contribution is 5.80. The molecule has 1 amide bonds. The molecule has 14 heavy (non-hydrogen) atoms. The average Bonchev–Trinajstić information content (AvgIpc) is 2.16. The van der Waals surface area contributed by atoms with Gasteiger partial charge in [0.1, 0.15) is 0 Å². The predicted molar refractivity (Wildman–Crippen MR) is 48.6 cm³/mol. The predicted octanol–water partition coefficient (Wildman–Crippen LogP) is 0.767. The normalized spacial score (nSPS) is 14.4. The monoisotopic (exact) mass is 192 g/mol. The summed E-state index contributed by atoms with van der Waals surface area (Å²) in [5, 5.41) is 13.1. The van der Waals surface area contributed by atoms with E-state index in [2.05, 4.69) is 5.32 Å². The molecule has 72 valence electrons. The summed E-state index contributed by atoms with van der Waals surface area (Å²) in [6.07, 6.45) is 0.313. The molecule has 0 radical (unpaired) electrons. The van der Waals surface area contributed by atoms with E-state index in [1.54, 1.807) is 6.07 Å². The average molecular weight is 192 g/mol. The van der Waals surface area contributed by atoms with E-state index in [1.165, 1.54) is 12.1 Å². The number of nitrogens with zero attached hydrogens (tertiary/aromatic N) is 1. The second kappa shape index (κ2) is 3.10. The van der Waals surface area contributed by atoms with Crippen molar-refractivity contribution in [3.8, 4) is 0 Å². The third-order valence-electron chi connectivity index (χ3n) is 2.23. The van der Waals surface area contributed by atoms with Gasteiger partial charge in [-0.2, -0.15) is 0 Å². The van der Waals surface area contributed by atoms with Crippen LogP contribution in [0.15, 0.2) is 18.2 Å². The van der Waals surface area contributed by atoms with Crippen molar-refractivity contribution in [1.29, 1.82) is 0 Å². The number of fused-ring (bicyclic) bond motifs is 1. The lowest BCUT2D eigenvalue weighted by Crippen LogP contribution is -2.30. The van der Waals surface area contributed by atoms with Gasteiger partial charge in [-0.3, -0.25) is 14.9 Å². The molecule has 0 spiro atoms. The molecule has 0 unspecified atom stereocenters. The van der Waals surface area contributed by atoms with E-state index in [9.17, 15) is 14.9 Å². The van der Waals surface area contributed by atoms with Crippen molar-refractivity contribution in [2.45, 2.75) is 13.0 Å². The second-order valence-electron chi connectivity index (χ2n) is 3.16. The van der Waals surface area contributed by atoms with Crippen molar-refractivity contribution in [1.82, 2.24) is 5.32 Å². The van der Waals surface area contributed by atoms with Gasteiger partial charge in [0, 0.05) is 18.7 Å². The maximum atomic E-state index is 11.0. The minimum atomic E-state index is -0.434. The number of carbonyl (C=O) groups is 1. The maximum absolute atomic E-state index is 11.0. The van der Waals surface area contributed by atoms with Crippen molar-refractivity contribution in [3.05, 3.63) is 39.4 Å². The van der Waals surface area contributed by atoms with Gasteiger partial charge < -0.3 is 5.32 Å². The number of nitro benzene ring substituents is 1. The van der Waals surface area contributed by atoms with Crippen molar-refractivity contribution >= 4 is 11.6 Å². The molecule has 0 saturated heterocycles. The van der Waals surface area contributed by atoms with E-state index in [0.29, 0.717) is 13.0 Å². The summed E-state index contributed by atoms with van der Waals surface area (Å²) >= 11 is 0. The molecule has 0 aromatic heterocycles. The quantitative estimate of drug-likeness (QED) is 0.527. The van der Waals surface area contributed by atoms with Gasteiger partial charge in [-0.15, -0.1) is 0 Å². The smallest absolute Gasteiger partial charge is 0.269 e. The van der Waals surface area contributed by atoms with Crippen molar-refractivity contribution in [2.24, 2.45) is 0 Å². The van der Waals surface area contributed by atoms with Gasteiger partial charge in [-0.05, 0) is 11.1 Å². The van der Waals surface area contributed by atoms with Gasteiger partial charge >= 0.3 is 0 Å². The molecule has 0 aliphatic carbocycles. The first kappa shape index (κ1) is 8.68. The number of carbonyl (C=O) groups excluding carboxylic acids is 1. The number of hydrogen-bond acceptors (Lipinski definition) is 3. The van der Waals surface area contributed by atoms with Gasteiger partial charge in [-0.25, -0.2) is 0 Å². The highest BCUT2D eigenvalue weighted by Gasteiger charge is 2.17. The lowest BCUT2D eigenvalue weighted by Gasteiger charge is -2.15. The van der Waals surface area contributed by atoms with Gasteiger partial charge in [-0.1, -0.05) is 6.07 Å². The zero-order valence-corrected chi connectivity index (χ0v) is 7.32. The number of non-ortho nitro benzene ring substituents is 1. The first-order valence-electron chi connectivity index (χ1n) is 4.20. The third-order valence-corrected chi connectivity index (χ3v) is 2.23. The van der Waals surface area contributed by atoms with Crippen LogP contribution >= 0.6 is 0 Å². The van der Waals surface area contributed by atoms with Crippen LogP contribution in [0.5, 0.6) is 0 Å². The molecule has 2 rings (SSSR count). The minimum absolute atomic E-state index is 0.0358. The molecule has 0 fully saturated rings. The molecule has 1 aliphatic rings. The number of amides is 1. The van der Waals surface area contributed by atoms with E-state index in [-0.39, 0.29) is 11.6 Å². The molecule has 5 heteroatoms. The molecule has 0 atom stereocenters. The molecule has 0 saturated carbocycles. The SMILES string of the molecule is O=C1Cc2ccc([N+](=O)[O-])cc2CN1. The molecular formula is C9H8N2O3. The van der Waals surface area contributed by atoms with Crippen molar-refractivity contribution in [2.75, 3.05) is 0 Å². The summed E-state index contributed by atoms with van der Waals surface area (Å²) in [5.74, 6) is -0.0358. The van der Waals surface area contributed by atoms with Crippen LogP contribution in [-0.2, 0) is 17.8 Å². The Labute approximate surface area is 79.9 Å². The van der Waals surface area contributed by atoms with Crippen LogP contribution in [0.4, 0.5) is 5.69 Å². The zero-order valence-electron chi connectivity index (χ0n) is 7.32. The Hall–Kier alpha value is -1.91. The Bertz CT molecular complexity index is 415. The zero-order chi connectivity index (χ0) is 10.1. The van der Waals surface area contributed by atoms with Gasteiger partial charge in [0.25, 0.3) is 5.69 Å². The van der Waals surface area contributed by atoms with Crippen LogP contribution in [0, 0.1) is 10.1 Å².